The molecule has 0 unspecified atom stereocenters. The highest BCUT2D eigenvalue weighted by atomic mass is 35.5. The molecular formula is C25H25ClN2O2S. The van der Waals surface area contributed by atoms with Gasteiger partial charge in [-0.15, -0.1) is 11.3 Å². The van der Waals surface area contributed by atoms with Crippen LogP contribution in [0.25, 0.3) is 11.1 Å². The molecule has 1 aliphatic carbocycles. The van der Waals surface area contributed by atoms with Gasteiger partial charge in [-0.05, 0) is 52.6 Å². The smallest absolute Gasteiger partial charge is 0.273 e. The third kappa shape index (κ3) is 3.49. The Balaban J connectivity index is 1.47. The molecule has 1 spiro atoms. The van der Waals surface area contributed by atoms with E-state index >= 15 is 0 Å². The Morgan fingerprint density at radius 1 is 1.29 bits per heavy atom. The van der Waals surface area contributed by atoms with Crippen molar-refractivity contribution in [1.82, 2.24) is 9.88 Å². The van der Waals surface area contributed by atoms with Gasteiger partial charge in [-0.1, -0.05) is 61.8 Å². The zero-order valence-electron chi connectivity index (χ0n) is 17.6. The number of aromatic nitrogens is 1. The topological polar surface area (TPSA) is 53.4 Å². The normalized spacial score (nSPS) is 22.5. The summed E-state index contributed by atoms with van der Waals surface area (Å²) in [6.45, 7) is 5.68. The molecule has 1 saturated heterocycles. The minimum atomic E-state index is -0.509. The molecule has 1 N–H and O–H groups in total. The number of likely N-dealkylation sites (tertiary alicyclic amines) is 1. The predicted octanol–water partition coefficient (Wildman–Crippen LogP) is 5.81. The number of carbonyl (C=O) groups excluding carboxylic acids is 1. The Hall–Kier alpha value is -2.21. The summed E-state index contributed by atoms with van der Waals surface area (Å²) in [5, 5.41) is 12.7. The highest BCUT2D eigenvalue weighted by Crippen LogP contribution is 2.51. The highest BCUT2D eigenvalue weighted by Gasteiger charge is 2.48. The number of hydrogen-bond donors (Lipinski definition) is 1. The highest BCUT2D eigenvalue weighted by molar-refractivity contribution is 7.14. The van der Waals surface area contributed by atoms with E-state index in [4.69, 9.17) is 11.6 Å². The lowest BCUT2D eigenvalue weighted by Crippen LogP contribution is -2.33. The number of amides is 1. The molecule has 3 aromatic rings. The number of aliphatic hydroxyl groups is 1. The Morgan fingerprint density at radius 2 is 2.10 bits per heavy atom. The molecule has 0 saturated carbocycles. The second-order valence-corrected chi connectivity index (χ2v) is 10.4. The summed E-state index contributed by atoms with van der Waals surface area (Å²) in [7, 11) is 0. The van der Waals surface area contributed by atoms with Gasteiger partial charge < -0.3 is 10.0 Å². The summed E-state index contributed by atoms with van der Waals surface area (Å²) in [5.41, 5.74) is 6.06. The van der Waals surface area contributed by atoms with Gasteiger partial charge in [-0.2, -0.15) is 0 Å². The first kappa shape index (κ1) is 20.7. The molecule has 4 nitrogen and oxygen atoms in total. The second kappa shape index (κ2) is 7.73. The first-order valence-corrected chi connectivity index (χ1v) is 12.0. The Kier molecular flexibility index (Phi) is 5.16. The maximum absolute atomic E-state index is 12.9. The first-order chi connectivity index (χ1) is 14.9. The first-order valence-electron chi connectivity index (χ1n) is 10.7. The van der Waals surface area contributed by atoms with Crippen molar-refractivity contribution in [2.45, 2.75) is 44.1 Å². The van der Waals surface area contributed by atoms with E-state index in [-0.39, 0.29) is 11.3 Å². The molecule has 2 aliphatic rings. The van der Waals surface area contributed by atoms with Crippen molar-refractivity contribution < 1.29 is 9.90 Å². The van der Waals surface area contributed by atoms with Gasteiger partial charge in [0.25, 0.3) is 5.91 Å². The van der Waals surface area contributed by atoms with Crippen LogP contribution in [0.15, 0.2) is 47.8 Å². The predicted molar refractivity (Wildman–Crippen MR) is 125 cm³/mol. The number of rotatable bonds is 3. The van der Waals surface area contributed by atoms with Gasteiger partial charge >= 0.3 is 0 Å². The number of aliphatic hydroxyl groups excluding tert-OH is 1. The fourth-order valence-corrected chi connectivity index (χ4v) is 6.02. The number of carbonyl (C=O) groups is 1. The lowest BCUT2D eigenvalue weighted by atomic mass is 9.80. The van der Waals surface area contributed by atoms with E-state index in [0.29, 0.717) is 35.6 Å². The molecule has 5 rings (SSSR count). The minimum Gasteiger partial charge on any atom is -0.388 e. The van der Waals surface area contributed by atoms with Crippen LogP contribution in [0.5, 0.6) is 0 Å². The van der Waals surface area contributed by atoms with Crippen molar-refractivity contribution in [1.29, 1.82) is 0 Å². The molecule has 2 aromatic carbocycles. The maximum atomic E-state index is 12.9. The van der Waals surface area contributed by atoms with Crippen LogP contribution in [-0.4, -0.2) is 34.0 Å². The van der Waals surface area contributed by atoms with Crippen LogP contribution in [0.4, 0.5) is 0 Å². The standard InChI is InChI=1S/C25H25ClN2O2S/c1-15(2)17-5-3-4-6-18(17)16-7-8-20-19(11-16)22(29)12-25(20)9-10-28(14-25)23(30)21-13-31-24(26)27-21/h3-8,11,13,15,22,29H,9-10,12,14H2,1-2H3/t22-,25-/m0/s1. The van der Waals surface area contributed by atoms with E-state index in [0.717, 1.165) is 17.5 Å². The average molecular weight is 453 g/mol. The van der Waals surface area contributed by atoms with Crippen LogP contribution in [0.1, 0.15) is 65.9 Å². The van der Waals surface area contributed by atoms with E-state index < -0.39 is 6.10 Å². The van der Waals surface area contributed by atoms with E-state index in [9.17, 15) is 9.90 Å². The molecule has 0 radical (unpaired) electrons. The number of thiazole rings is 1. The van der Waals surface area contributed by atoms with Crippen molar-refractivity contribution in [3.8, 4) is 11.1 Å². The van der Waals surface area contributed by atoms with Gasteiger partial charge in [0.2, 0.25) is 0 Å². The molecule has 1 aliphatic heterocycles. The van der Waals surface area contributed by atoms with Crippen molar-refractivity contribution in [3.63, 3.8) is 0 Å². The molecule has 2 atom stereocenters. The van der Waals surface area contributed by atoms with E-state index in [1.165, 1.54) is 28.0 Å². The van der Waals surface area contributed by atoms with E-state index in [1.807, 2.05) is 4.90 Å². The fourth-order valence-electron chi connectivity index (χ4n) is 5.29. The Labute approximate surface area is 191 Å². The van der Waals surface area contributed by atoms with Crippen molar-refractivity contribution >= 4 is 28.8 Å². The van der Waals surface area contributed by atoms with Crippen molar-refractivity contribution in [3.05, 3.63) is 74.7 Å². The number of benzene rings is 2. The average Bonchev–Trinajstić information content (AvgIpc) is 3.46. The largest absolute Gasteiger partial charge is 0.388 e. The van der Waals surface area contributed by atoms with Gasteiger partial charge in [0.15, 0.2) is 4.47 Å². The molecule has 160 valence electrons. The number of halogens is 1. The Morgan fingerprint density at radius 3 is 2.84 bits per heavy atom. The maximum Gasteiger partial charge on any atom is 0.273 e. The van der Waals surface area contributed by atoms with Crippen molar-refractivity contribution in [2.24, 2.45) is 0 Å². The summed E-state index contributed by atoms with van der Waals surface area (Å²) < 4.78 is 0.383. The van der Waals surface area contributed by atoms with Crippen LogP contribution in [0.3, 0.4) is 0 Å². The minimum absolute atomic E-state index is 0.0783. The molecule has 31 heavy (non-hydrogen) atoms. The van der Waals surface area contributed by atoms with Crippen LogP contribution >= 0.6 is 22.9 Å². The SMILES string of the molecule is CC(C)c1ccccc1-c1ccc2c(c1)[C@@H](O)C[C@]21CCN(C(=O)c2csc(Cl)n2)C1. The second-order valence-electron chi connectivity index (χ2n) is 9.01. The number of fused-ring (bicyclic) bond motifs is 2. The molecule has 1 fully saturated rings. The monoisotopic (exact) mass is 452 g/mol. The molecular weight excluding hydrogens is 428 g/mol. The third-order valence-electron chi connectivity index (χ3n) is 6.80. The third-order valence-corrected chi connectivity index (χ3v) is 7.77. The summed E-state index contributed by atoms with van der Waals surface area (Å²) in [5.74, 6) is 0.347. The van der Waals surface area contributed by atoms with E-state index in [2.05, 4.69) is 61.3 Å². The Bertz CT molecular complexity index is 1160. The lowest BCUT2D eigenvalue weighted by Gasteiger charge is -2.25. The van der Waals surface area contributed by atoms with Crippen LogP contribution < -0.4 is 0 Å². The summed E-state index contributed by atoms with van der Waals surface area (Å²) in [4.78, 5) is 18.9. The quantitative estimate of drug-likeness (QED) is 0.545. The zero-order chi connectivity index (χ0) is 21.8. The van der Waals surface area contributed by atoms with E-state index in [1.54, 1.807) is 5.38 Å². The number of hydrogen-bond acceptors (Lipinski definition) is 4. The lowest BCUT2D eigenvalue weighted by molar-refractivity contribution is 0.0771. The molecule has 1 amide bonds. The molecule has 2 heterocycles. The van der Waals surface area contributed by atoms with Gasteiger partial charge in [-0.25, -0.2) is 4.98 Å². The van der Waals surface area contributed by atoms with Crippen LogP contribution in [0.2, 0.25) is 4.47 Å². The molecule has 1 aromatic heterocycles. The molecule has 6 heteroatoms. The molecule has 0 bridgehead atoms. The zero-order valence-corrected chi connectivity index (χ0v) is 19.2. The van der Waals surface area contributed by atoms with Crippen molar-refractivity contribution in [2.75, 3.05) is 13.1 Å². The van der Waals surface area contributed by atoms with Gasteiger partial charge in [0.05, 0.1) is 6.10 Å². The van der Waals surface area contributed by atoms with Crippen LogP contribution in [-0.2, 0) is 5.41 Å². The van der Waals surface area contributed by atoms with Gasteiger partial charge in [0, 0.05) is 23.9 Å². The number of nitrogens with zero attached hydrogens (tertiary/aromatic N) is 2. The van der Waals surface area contributed by atoms with Gasteiger partial charge in [-0.3, -0.25) is 4.79 Å². The van der Waals surface area contributed by atoms with Crippen LogP contribution in [0, 0.1) is 0 Å². The summed E-state index contributed by atoms with van der Waals surface area (Å²) in [6.07, 6.45) is 0.992. The fraction of sp³-hybridized carbons (Fsp3) is 0.360. The summed E-state index contributed by atoms with van der Waals surface area (Å²) >= 11 is 7.19. The van der Waals surface area contributed by atoms with Gasteiger partial charge in [0.1, 0.15) is 5.69 Å². The summed E-state index contributed by atoms with van der Waals surface area (Å²) in [6, 6.07) is 15.0.